The summed E-state index contributed by atoms with van der Waals surface area (Å²) < 4.78 is 23.2. The molecular weight excluding hydrogens is 275 g/mol. The van der Waals surface area contributed by atoms with Crippen molar-refractivity contribution >= 4 is 13.4 Å². The van der Waals surface area contributed by atoms with Crippen LogP contribution in [0.25, 0.3) is 0 Å². The number of hydrogen-bond donors (Lipinski definition) is 0. The van der Waals surface area contributed by atoms with Crippen molar-refractivity contribution < 1.29 is 18.4 Å². The third-order valence-corrected chi connectivity index (χ3v) is 6.10. The van der Waals surface area contributed by atoms with Crippen molar-refractivity contribution in [3.8, 4) is 0 Å². The molecule has 4 nitrogen and oxygen atoms in total. The molecule has 5 heteroatoms. The third kappa shape index (κ3) is 4.28. The maximum absolute atomic E-state index is 12.6. The molecule has 0 bridgehead atoms. The summed E-state index contributed by atoms with van der Waals surface area (Å²) in [6, 6.07) is 0. The summed E-state index contributed by atoms with van der Waals surface area (Å²) in [7, 11) is -3.29. The highest BCUT2D eigenvalue weighted by Gasteiger charge is 2.36. The molecule has 0 amide bonds. The molecule has 0 heterocycles. The minimum atomic E-state index is -3.29. The average molecular weight is 302 g/mol. The predicted octanol–water partition coefficient (Wildman–Crippen LogP) is 4.55. The van der Waals surface area contributed by atoms with Crippen LogP contribution in [0.15, 0.2) is 11.9 Å². The van der Waals surface area contributed by atoms with Gasteiger partial charge in [-0.05, 0) is 39.0 Å². The van der Waals surface area contributed by atoms with E-state index in [1.54, 1.807) is 13.8 Å². The molecule has 1 aliphatic rings. The zero-order valence-corrected chi connectivity index (χ0v) is 13.8. The molecule has 0 aromatic rings. The molecule has 2 atom stereocenters. The summed E-state index contributed by atoms with van der Waals surface area (Å²) in [5, 5.41) is 0.444. The summed E-state index contributed by atoms with van der Waals surface area (Å²) in [5.74, 6) is 0.559. The molecule has 0 N–H and O–H groups in total. The number of allylic oxidation sites excluding steroid dienone is 1. The Balaban J connectivity index is 2.80. The number of rotatable bonds is 8. The number of hydrogen-bond acceptors (Lipinski definition) is 4. The molecule has 0 aromatic heterocycles. The zero-order chi connectivity index (χ0) is 15.2. The molecule has 0 unspecified atom stereocenters. The van der Waals surface area contributed by atoms with Crippen LogP contribution in [0.4, 0.5) is 0 Å². The number of ketones is 1. The Bertz CT molecular complexity index is 381. The molecule has 0 spiro atoms. The first-order valence-corrected chi connectivity index (χ1v) is 9.12. The molecule has 0 aromatic carbocycles. The van der Waals surface area contributed by atoms with Gasteiger partial charge in [0.05, 0.1) is 13.2 Å². The van der Waals surface area contributed by atoms with E-state index >= 15 is 0 Å². The van der Waals surface area contributed by atoms with Crippen LogP contribution in [-0.2, 0) is 18.4 Å². The Hall–Kier alpha value is -0.440. The SMILES string of the molecule is C=C(C[C@H]1C(=O)CCC[C@@H]1CC)P(=O)(OCC)OCC. The Morgan fingerprint density at radius 2 is 1.90 bits per heavy atom. The van der Waals surface area contributed by atoms with Gasteiger partial charge in [0.2, 0.25) is 0 Å². The smallest absolute Gasteiger partial charge is 0.306 e. The van der Waals surface area contributed by atoms with Crippen LogP contribution in [0.2, 0.25) is 0 Å². The van der Waals surface area contributed by atoms with Gasteiger partial charge in [-0.25, -0.2) is 0 Å². The van der Waals surface area contributed by atoms with E-state index in [1.807, 2.05) is 0 Å². The van der Waals surface area contributed by atoms with Crippen molar-refractivity contribution in [1.29, 1.82) is 0 Å². The van der Waals surface area contributed by atoms with Crippen molar-refractivity contribution in [3.05, 3.63) is 11.9 Å². The quantitative estimate of drug-likeness (QED) is 0.617. The second-order valence-corrected chi connectivity index (χ2v) is 7.38. The normalized spacial score (nSPS) is 23.9. The highest BCUT2D eigenvalue weighted by Crippen LogP contribution is 2.58. The molecule has 1 rings (SSSR count). The van der Waals surface area contributed by atoms with Gasteiger partial charge < -0.3 is 9.05 Å². The molecule has 1 aliphatic carbocycles. The fraction of sp³-hybridized carbons (Fsp3) is 0.800. The first-order valence-electron chi connectivity index (χ1n) is 7.58. The molecular formula is C15H27O4P. The molecule has 20 heavy (non-hydrogen) atoms. The van der Waals surface area contributed by atoms with Gasteiger partial charge in [0.25, 0.3) is 0 Å². The van der Waals surface area contributed by atoms with E-state index in [4.69, 9.17) is 9.05 Å². The summed E-state index contributed by atoms with van der Waals surface area (Å²) >= 11 is 0. The monoisotopic (exact) mass is 302 g/mol. The van der Waals surface area contributed by atoms with Crippen LogP contribution in [0, 0.1) is 11.8 Å². The van der Waals surface area contributed by atoms with Crippen molar-refractivity contribution in [3.63, 3.8) is 0 Å². The maximum Gasteiger partial charge on any atom is 0.356 e. The summed E-state index contributed by atoms with van der Waals surface area (Å²) in [5.41, 5.74) is 0. The van der Waals surface area contributed by atoms with E-state index in [0.717, 1.165) is 19.3 Å². The topological polar surface area (TPSA) is 52.6 Å². The molecule has 116 valence electrons. The molecule has 0 saturated heterocycles. The highest BCUT2D eigenvalue weighted by atomic mass is 31.2. The second kappa shape index (κ2) is 8.11. The first kappa shape index (κ1) is 17.6. The van der Waals surface area contributed by atoms with Gasteiger partial charge in [0.15, 0.2) is 0 Å². The third-order valence-electron chi connectivity index (χ3n) is 3.95. The van der Waals surface area contributed by atoms with Gasteiger partial charge in [-0.15, -0.1) is 0 Å². The highest BCUT2D eigenvalue weighted by molar-refractivity contribution is 7.58. The lowest BCUT2D eigenvalue weighted by molar-refractivity contribution is -0.126. The van der Waals surface area contributed by atoms with Crippen LogP contribution in [0.5, 0.6) is 0 Å². The van der Waals surface area contributed by atoms with E-state index in [0.29, 0.717) is 37.3 Å². The van der Waals surface area contributed by atoms with E-state index < -0.39 is 7.60 Å². The van der Waals surface area contributed by atoms with Gasteiger partial charge >= 0.3 is 7.60 Å². The van der Waals surface area contributed by atoms with Crippen LogP contribution >= 0.6 is 7.60 Å². The summed E-state index contributed by atoms with van der Waals surface area (Å²) in [4.78, 5) is 12.1. The van der Waals surface area contributed by atoms with Crippen LogP contribution in [0.1, 0.15) is 52.9 Å². The fourth-order valence-electron chi connectivity index (χ4n) is 2.88. The molecule has 0 radical (unpaired) electrons. The van der Waals surface area contributed by atoms with Gasteiger partial charge in [-0.1, -0.05) is 19.9 Å². The van der Waals surface area contributed by atoms with Crippen molar-refractivity contribution in [2.45, 2.75) is 52.9 Å². The molecule has 1 fully saturated rings. The number of carbonyl (C=O) groups excluding carboxylic acids is 1. The van der Waals surface area contributed by atoms with E-state index in [9.17, 15) is 9.36 Å². The summed E-state index contributed by atoms with van der Waals surface area (Å²) in [6.45, 7) is 10.2. The zero-order valence-electron chi connectivity index (χ0n) is 12.9. The molecule has 0 aliphatic heterocycles. The van der Waals surface area contributed by atoms with Gasteiger partial charge in [0.1, 0.15) is 5.78 Å². The van der Waals surface area contributed by atoms with E-state index in [-0.39, 0.29) is 11.7 Å². The van der Waals surface area contributed by atoms with Crippen LogP contribution < -0.4 is 0 Å². The van der Waals surface area contributed by atoms with Gasteiger partial charge in [-0.3, -0.25) is 9.36 Å². The van der Waals surface area contributed by atoms with Gasteiger partial charge in [0, 0.05) is 17.7 Å². The van der Waals surface area contributed by atoms with Gasteiger partial charge in [-0.2, -0.15) is 0 Å². The van der Waals surface area contributed by atoms with E-state index in [1.165, 1.54) is 0 Å². The second-order valence-electron chi connectivity index (χ2n) is 5.24. The standard InChI is InChI=1S/C15H27O4P/c1-5-13-9-8-10-15(16)14(13)11-12(4)20(17,18-6-2)19-7-3/h13-14H,4-11H2,1-3H3/t13-,14+/m0/s1. The molecule has 1 saturated carbocycles. The Morgan fingerprint density at radius 3 is 2.40 bits per heavy atom. The van der Waals surface area contributed by atoms with Crippen LogP contribution in [0.3, 0.4) is 0 Å². The lowest BCUT2D eigenvalue weighted by Gasteiger charge is -2.31. The number of Topliss-reactive ketones (excluding diaryl/α,β-unsaturated/α-hetero) is 1. The number of carbonyl (C=O) groups is 1. The maximum atomic E-state index is 12.6. The largest absolute Gasteiger partial charge is 0.356 e. The Kier molecular flexibility index (Phi) is 7.14. The lowest BCUT2D eigenvalue weighted by atomic mass is 9.75. The predicted molar refractivity (Wildman–Crippen MR) is 80.7 cm³/mol. The minimum Gasteiger partial charge on any atom is -0.306 e. The first-order chi connectivity index (χ1) is 9.48. The average Bonchev–Trinajstić information content (AvgIpc) is 2.41. The fourth-order valence-corrected chi connectivity index (χ4v) is 4.42. The Labute approximate surface area is 122 Å². The van der Waals surface area contributed by atoms with Crippen molar-refractivity contribution in [2.75, 3.05) is 13.2 Å². The van der Waals surface area contributed by atoms with E-state index in [2.05, 4.69) is 13.5 Å². The Morgan fingerprint density at radius 1 is 1.30 bits per heavy atom. The van der Waals surface area contributed by atoms with Crippen molar-refractivity contribution in [1.82, 2.24) is 0 Å². The summed E-state index contributed by atoms with van der Waals surface area (Å²) in [6.07, 6.45) is 4.05. The van der Waals surface area contributed by atoms with Crippen LogP contribution in [-0.4, -0.2) is 19.0 Å². The van der Waals surface area contributed by atoms with Crippen molar-refractivity contribution in [2.24, 2.45) is 11.8 Å². The minimum absolute atomic E-state index is 0.0736. The lowest BCUT2D eigenvalue weighted by Crippen LogP contribution is -2.28.